The molecular weight excluding hydrogens is 433 g/mol. The molecule has 0 aromatic carbocycles. The molecule has 0 radical (unpaired) electrons. The third-order valence-corrected chi connectivity index (χ3v) is 4.62. The fraction of sp³-hybridized carbons (Fsp3) is 0.412. The summed E-state index contributed by atoms with van der Waals surface area (Å²) in [6.45, 7) is 3.72. The molecule has 132 valence electrons. The van der Waals surface area contributed by atoms with Crippen LogP contribution in [0.25, 0.3) is 0 Å². The van der Waals surface area contributed by atoms with E-state index >= 15 is 0 Å². The molecule has 1 atom stereocenters. The fourth-order valence-electron chi connectivity index (χ4n) is 2.13. The zero-order chi connectivity index (χ0) is 16.7. The molecule has 7 heteroatoms. The van der Waals surface area contributed by atoms with Crippen LogP contribution in [0.5, 0.6) is 0 Å². The first-order valence-corrected chi connectivity index (χ1v) is 8.59. The van der Waals surface area contributed by atoms with Crippen molar-refractivity contribution >= 4 is 47.1 Å². The number of hydrogen-bond acceptors (Lipinski definition) is 4. The van der Waals surface area contributed by atoms with E-state index in [4.69, 9.17) is 0 Å². The number of anilines is 1. The van der Waals surface area contributed by atoms with Crippen LogP contribution in [0.4, 0.5) is 5.82 Å². The van der Waals surface area contributed by atoms with Crippen LogP contribution in [-0.4, -0.2) is 38.6 Å². The molecule has 2 rings (SSSR count). The van der Waals surface area contributed by atoms with Crippen molar-refractivity contribution in [2.75, 3.05) is 32.6 Å². The minimum Gasteiger partial charge on any atom is -0.363 e. The molecule has 0 aliphatic rings. The largest absolute Gasteiger partial charge is 0.363 e. The van der Waals surface area contributed by atoms with Gasteiger partial charge in [0, 0.05) is 38.5 Å². The molecule has 2 N–H and O–H groups in total. The summed E-state index contributed by atoms with van der Waals surface area (Å²) in [7, 11) is 5.77. The van der Waals surface area contributed by atoms with E-state index < -0.39 is 0 Å². The zero-order valence-corrected chi connectivity index (χ0v) is 17.8. The maximum absolute atomic E-state index is 4.60. The predicted molar refractivity (Wildman–Crippen MR) is 115 cm³/mol. The summed E-state index contributed by atoms with van der Waals surface area (Å²) in [5.74, 6) is 2.22. The van der Waals surface area contributed by atoms with Gasteiger partial charge in [-0.2, -0.15) is 0 Å². The van der Waals surface area contributed by atoms with Crippen molar-refractivity contribution < 1.29 is 0 Å². The smallest absolute Gasteiger partial charge is 0.191 e. The minimum absolute atomic E-state index is 0. The summed E-state index contributed by atoms with van der Waals surface area (Å²) >= 11 is 1.79. The Kier molecular flexibility index (Phi) is 9.05. The van der Waals surface area contributed by atoms with E-state index in [9.17, 15) is 0 Å². The number of aliphatic imine (C=N–C) groups is 1. The molecule has 0 spiro atoms. The summed E-state index contributed by atoms with van der Waals surface area (Å²) in [5, 5.41) is 8.80. The van der Waals surface area contributed by atoms with Gasteiger partial charge in [-0.3, -0.25) is 4.99 Å². The molecule has 0 saturated carbocycles. The Balaban J connectivity index is 0.00000288. The normalized spacial score (nSPS) is 12.2. The monoisotopic (exact) mass is 459 g/mol. The highest BCUT2D eigenvalue weighted by Gasteiger charge is 2.08. The summed E-state index contributed by atoms with van der Waals surface area (Å²) in [6, 6.07) is 10.3. The number of halogens is 1. The first-order valence-electron chi connectivity index (χ1n) is 7.71. The Hall–Kier alpha value is -1.35. The number of pyridine rings is 1. The van der Waals surface area contributed by atoms with Crippen molar-refractivity contribution in [1.29, 1.82) is 0 Å². The quantitative estimate of drug-likeness (QED) is 0.396. The topological polar surface area (TPSA) is 52.6 Å². The van der Waals surface area contributed by atoms with E-state index in [1.807, 2.05) is 37.2 Å². The summed E-state index contributed by atoms with van der Waals surface area (Å²) < 4.78 is 0. The second-order valence-electron chi connectivity index (χ2n) is 5.60. The highest BCUT2D eigenvalue weighted by molar-refractivity contribution is 14.0. The third kappa shape index (κ3) is 6.27. The van der Waals surface area contributed by atoms with E-state index in [1.165, 1.54) is 4.88 Å². The van der Waals surface area contributed by atoms with Gasteiger partial charge in [0.2, 0.25) is 0 Å². The molecule has 2 aromatic heterocycles. The van der Waals surface area contributed by atoms with E-state index in [2.05, 4.69) is 45.0 Å². The molecular formula is C17H26IN5S. The van der Waals surface area contributed by atoms with E-state index in [1.54, 1.807) is 18.4 Å². The van der Waals surface area contributed by atoms with Gasteiger partial charge in [0.15, 0.2) is 5.96 Å². The number of nitrogens with zero attached hydrogens (tertiary/aromatic N) is 3. The average molecular weight is 459 g/mol. The van der Waals surface area contributed by atoms with Gasteiger partial charge in [-0.1, -0.05) is 19.1 Å². The Labute approximate surface area is 165 Å². The van der Waals surface area contributed by atoms with Gasteiger partial charge in [0.05, 0.1) is 12.2 Å². The standard InChI is InChI=1S/C17H25N5S.HI/c1-13(15-8-6-10-23-15)11-19-17(18-2)20-12-14-7-5-9-16(21-14)22(3)4;/h5-10,13H,11-12H2,1-4H3,(H2,18,19,20);1H. The van der Waals surface area contributed by atoms with Gasteiger partial charge in [0.25, 0.3) is 0 Å². The Bertz CT molecular complexity index is 628. The molecule has 2 aromatic rings. The average Bonchev–Trinajstić information content (AvgIpc) is 3.09. The molecule has 0 aliphatic carbocycles. The second kappa shape index (κ2) is 10.5. The summed E-state index contributed by atoms with van der Waals surface area (Å²) in [5.41, 5.74) is 0.991. The van der Waals surface area contributed by atoms with Gasteiger partial charge in [-0.05, 0) is 23.6 Å². The predicted octanol–water partition coefficient (Wildman–Crippen LogP) is 3.30. The van der Waals surface area contributed by atoms with Gasteiger partial charge >= 0.3 is 0 Å². The lowest BCUT2D eigenvalue weighted by Crippen LogP contribution is -2.38. The lowest BCUT2D eigenvalue weighted by molar-refractivity contribution is 0.706. The van der Waals surface area contributed by atoms with Crippen LogP contribution in [0.2, 0.25) is 0 Å². The van der Waals surface area contributed by atoms with Crippen LogP contribution in [0.15, 0.2) is 40.7 Å². The van der Waals surface area contributed by atoms with Gasteiger partial charge in [-0.25, -0.2) is 4.98 Å². The van der Waals surface area contributed by atoms with Crippen molar-refractivity contribution in [3.63, 3.8) is 0 Å². The van der Waals surface area contributed by atoms with E-state index in [0.29, 0.717) is 12.5 Å². The van der Waals surface area contributed by atoms with E-state index in [0.717, 1.165) is 24.0 Å². The van der Waals surface area contributed by atoms with E-state index in [-0.39, 0.29) is 24.0 Å². The van der Waals surface area contributed by atoms with Crippen molar-refractivity contribution in [2.45, 2.75) is 19.4 Å². The highest BCUT2D eigenvalue weighted by atomic mass is 127. The minimum atomic E-state index is 0. The maximum atomic E-state index is 4.60. The Morgan fingerprint density at radius 1 is 1.25 bits per heavy atom. The Morgan fingerprint density at radius 3 is 2.67 bits per heavy atom. The van der Waals surface area contributed by atoms with Crippen LogP contribution in [0.1, 0.15) is 23.4 Å². The molecule has 0 bridgehead atoms. The highest BCUT2D eigenvalue weighted by Crippen LogP contribution is 2.19. The summed E-state index contributed by atoms with van der Waals surface area (Å²) in [6.07, 6.45) is 0. The van der Waals surface area contributed by atoms with Crippen molar-refractivity contribution in [3.8, 4) is 0 Å². The van der Waals surface area contributed by atoms with Crippen LogP contribution < -0.4 is 15.5 Å². The number of rotatable bonds is 6. The lowest BCUT2D eigenvalue weighted by Gasteiger charge is -2.16. The zero-order valence-electron chi connectivity index (χ0n) is 14.6. The van der Waals surface area contributed by atoms with Crippen molar-refractivity contribution in [2.24, 2.45) is 4.99 Å². The number of aromatic nitrogens is 1. The first-order chi connectivity index (χ1) is 11.1. The second-order valence-corrected chi connectivity index (χ2v) is 6.58. The maximum Gasteiger partial charge on any atom is 0.191 e. The summed E-state index contributed by atoms with van der Waals surface area (Å²) in [4.78, 5) is 12.3. The first kappa shape index (κ1) is 20.7. The number of guanidine groups is 1. The molecule has 5 nitrogen and oxygen atoms in total. The number of nitrogens with one attached hydrogen (secondary N) is 2. The van der Waals surface area contributed by atoms with Gasteiger partial charge < -0.3 is 15.5 Å². The molecule has 0 amide bonds. The third-order valence-electron chi connectivity index (χ3n) is 3.52. The van der Waals surface area contributed by atoms with Crippen LogP contribution >= 0.6 is 35.3 Å². The van der Waals surface area contributed by atoms with Gasteiger partial charge in [-0.15, -0.1) is 35.3 Å². The van der Waals surface area contributed by atoms with Crippen LogP contribution in [0, 0.1) is 0 Å². The molecule has 1 unspecified atom stereocenters. The van der Waals surface area contributed by atoms with Crippen LogP contribution in [-0.2, 0) is 6.54 Å². The lowest BCUT2D eigenvalue weighted by atomic mass is 10.1. The van der Waals surface area contributed by atoms with Crippen LogP contribution in [0.3, 0.4) is 0 Å². The molecule has 0 aliphatic heterocycles. The molecule has 24 heavy (non-hydrogen) atoms. The SMILES string of the molecule is CN=C(NCc1cccc(N(C)C)n1)NCC(C)c1cccs1.I. The number of hydrogen-bond donors (Lipinski definition) is 2. The van der Waals surface area contributed by atoms with Crippen molar-refractivity contribution in [1.82, 2.24) is 15.6 Å². The van der Waals surface area contributed by atoms with Crippen molar-refractivity contribution in [3.05, 3.63) is 46.3 Å². The van der Waals surface area contributed by atoms with Gasteiger partial charge in [0.1, 0.15) is 5.82 Å². The molecule has 2 heterocycles. The Morgan fingerprint density at radius 2 is 2.04 bits per heavy atom. The number of thiophene rings is 1. The molecule has 0 saturated heterocycles. The molecule has 0 fully saturated rings. The fourth-order valence-corrected chi connectivity index (χ4v) is 2.92.